The van der Waals surface area contributed by atoms with Crippen LogP contribution in [0.5, 0.6) is 0 Å². The van der Waals surface area contributed by atoms with E-state index in [9.17, 15) is 4.79 Å². The summed E-state index contributed by atoms with van der Waals surface area (Å²) in [5.41, 5.74) is 0. The van der Waals surface area contributed by atoms with Crippen LogP contribution in [0.2, 0.25) is 0 Å². The Balaban J connectivity index is 1.46. The van der Waals surface area contributed by atoms with Crippen LogP contribution < -0.4 is 5.32 Å². The Morgan fingerprint density at radius 2 is 2.09 bits per heavy atom. The fourth-order valence-corrected chi connectivity index (χ4v) is 2.98. The molecule has 1 aromatic heterocycles. The molecule has 7 nitrogen and oxygen atoms in total. The maximum Gasteiger partial charge on any atom is 0.226 e. The summed E-state index contributed by atoms with van der Waals surface area (Å²) in [6.07, 6.45) is 0.767. The number of nitrogens with one attached hydrogen (secondary N) is 1. The standard InChI is InChI=1S/C15H25N5O2/c1-3-14-17-13(18-22-14)10-19-4-6-20(7-5-19)15(21)11(2)12-8-16-9-12/h11-12,16H,3-10H2,1-2H3. The number of piperazine rings is 1. The van der Waals surface area contributed by atoms with Crippen LogP contribution in [0.15, 0.2) is 4.52 Å². The van der Waals surface area contributed by atoms with Gasteiger partial charge in [-0.1, -0.05) is 19.0 Å². The number of rotatable bonds is 5. The lowest BCUT2D eigenvalue weighted by atomic mass is 9.88. The lowest BCUT2D eigenvalue weighted by molar-refractivity contribution is -0.139. The van der Waals surface area contributed by atoms with Crippen molar-refractivity contribution in [3.8, 4) is 0 Å². The maximum absolute atomic E-state index is 12.5. The molecule has 2 aliphatic heterocycles. The number of nitrogens with zero attached hydrogens (tertiary/aromatic N) is 4. The average Bonchev–Trinajstić information content (AvgIpc) is 2.93. The summed E-state index contributed by atoms with van der Waals surface area (Å²) in [6, 6.07) is 0. The minimum atomic E-state index is 0.136. The summed E-state index contributed by atoms with van der Waals surface area (Å²) in [4.78, 5) is 21.1. The number of amides is 1. The number of hydrogen-bond acceptors (Lipinski definition) is 6. The van der Waals surface area contributed by atoms with E-state index in [1.807, 2.05) is 11.8 Å². The Kier molecular flexibility index (Phi) is 4.73. The highest BCUT2D eigenvalue weighted by atomic mass is 16.5. The molecule has 1 atom stereocenters. The predicted molar refractivity (Wildman–Crippen MR) is 81.1 cm³/mol. The quantitative estimate of drug-likeness (QED) is 0.833. The van der Waals surface area contributed by atoms with E-state index >= 15 is 0 Å². The molecule has 2 aliphatic rings. The van der Waals surface area contributed by atoms with Crippen molar-refractivity contribution in [2.24, 2.45) is 11.8 Å². The van der Waals surface area contributed by atoms with Gasteiger partial charge in [0.05, 0.1) is 6.54 Å². The monoisotopic (exact) mass is 307 g/mol. The normalized spacial score (nSPS) is 21.6. The van der Waals surface area contributed by atoms with E-state index in [0.29, 0.717) is 24.3 Å². The third-order valence-electron chi connectivity index (χ3n) is 4.77. The van der Waals surface area contributed by atoms with Gasteiger partial charge in [-0.2, -0.15) is 4.98 Å². The molecule has 22 heavy (non-hydrogen) atoms. The highest BCUT2D eigenvalue weighted by Crippen LogP contribution is 2.19. The van der Waals surface area contributed by atoms with E-state index in [4.69, 9.17) is 4.52 Å². The molecule has 0 spiro atoms. The molecule has 0 aliphatic carbocycles. The Morgan fingerprint density at radius 3 is 2.64 bits per heavy atom. The van der Waals surface area contributed by atoms with Crippen LogP contribution in [-0.4, -0.2) is 65.1 Å². The van der Waals surface area contributed by atoms with Gasteiger partial charge in [0.15, 0.2) is 5.82 Å². The Hall–Kier alpha value is -1.47. The van der Waals surface area contributed by atoms with Gasteiger partial charge in [0, 0.05) is 38.5 Å². The van der Waals surface area contributed by atoms with Crippen LogP contribution in [-0.2, 0) is 17.8 Å². The summed E-state index contributed by atoms with van der Waals surface area (Å²) in [5, 5.41) is 7.23. The molecule has 1 amide bonds. The number of carbonyl (C=O) groups is 1. The highest BCUT2D eigenvalue weighted by Gasteiger charge is 2.32. The molecule has 1 unspecified atom stereocenters. The lowest BCUT2D eigenvalue weighted by Crippen LogP contribution is -2.54. The van der Waals surface area contributed by atoms with Gasteiger partial charge in [-0.05, 0) is 19.0 Å². The van der Waals surface area contributed by atoms with Crippen molar-refractivity contribution in [1.29, 1.82) is 0 Å². The van der Waals surface area contributed by atoms with Crippen LogP contribution in [0.4, 0.5) is 0 Å². The number of carbonyl (C=O) groups excluding carboxylic acids is 1. The van der Waals surface area contributed by atoms with Crippen LogP contribution in [0.1, 0.15) is 25.6 Å². The van der Waals surface area contributed by atoms with Crippen molar-refractivity contribution < 1.29 is 9.32 Å². The summed E-state index contributed by atoms with van der Waals surface area (Å²) in [5.74, 6) is 2.38. The second-order valence-corrected chi connectivity index (χ2v) is 6.27. The van der Waals surface area contributed by atoms with Gasteiger partial charge in [-0.15, -0.1) is 0 Å². The summed E-state index contributed by atoms with van der Waals surface area (Å²) < 4.78 is 5.13. The predicted octanol–water partition coefficient (Wildman–Crippen LogP) is 0.132. The molecule has 7 heteroatoms. The van der Waals surface area contributed by atoms with Gasteiger partial charge in [0.2, 0.25) is 11.8 Å². The number of aryl methyl sites for hydroxylation is 1. The first kappa shape index (κ1) is 15.4. The largest absolute Gasteiger partial charge is 0.340 e. The highest BCUT2D eigenvalue weighted by molar-refractivity contribution is 5.79. The number of aromatic nitrogens is 2. The SMILES string of the molecule is CCc1nc(CN2CCN(C(=O)C(C)C3CNC3)CC2)no1. The molecular weight excluding hydrogens is 282 g/mol. The van der Waals surface area contributed by atoms with E-state index in [-0.39, 0.29) is 5.92 Å². The fraction of sp³-hybridized carbons (Fsp3) is 0.800. The zero-order valence-electron chi connectivity index (χ0n) is 13.4. The molecule has 2 saturated heterocycles. The third kappa shape index (κ3) is 3.30. The minimum absolute atomic E-state index is 0.136. The van der Waals surface area contributed by atoms with Crippen molar-refractivity contribution >= 4 is 5.91 Å². The van der Waals surface area contributed by atoms with Crippen molar-refractivity contribution in [2.45, 2.75) is 26.8 Å². The van der Waals surface area contributed by atoms with Gasteiger partial charge in [-0.25, -0.2) is 0 Å². The second kappa shape index (κ2) is 6.75. The van der Waals surface area contributed by atoms with Crippen molar-refractivity contribution in [1.82, 2.24) is 25.3 Å². The Morgan fingerprint density at radius 1 is 1.36 bits per heavy atom. The molecule has 0 bridgehead atoms. The van der Waals surface area contributed by atoms with E-state index in [1.54, 1.807) is 0 Å². The van der Waals surface area contributed by atoms with Gasteiger partial charge >= 0.3 is 0 Å². The molecule has 3 heterocycles. The molecule has 1 aromatic rings. The molecule has 0 radical (unpaired) electrons. The van der Waals surface area contributed by atoms with Gasteiger partial charge < -0.3 is 14.7 Å². The fourth-order valence-electron chi connectivity index (χ4n) is 2.98. The van der Waals surface area contributed by atoms with Gasteiger partial charge in [0.25, 0.3) is 0 Å². The molecule has 0 saturated carbocycles. The van der Waals surface area contributed by atoms with E-state index in [0.717, 1.165) is 51.5 Å². The van der Waals surface area contributed by atoms with Gasteiger partial charge in [0.1, 0.15) is 0 Å². The summed E-state index contributed by atoms with van der Waals surface area (Å²) >= 11 is 0. The van der Waals surface area contributed by atoms with Crippen LogP contribution >= 0.6 is 0 Å². The first-order valence-corrected chi connectivity index (χ1v) is 8.20. The second-order valence-electron chi connectivity index (χ2n) is 6.27. The number of hydrogen-bond donors (Lipinski definition) is 1. The zero-order chi connectivity index (χ0) is 15.5. The van der Waals surface area contributed by atoms with Crippen molar-refractivity contribution in [3.63, 3.8) is 0 Å². The topological polar surface area (TPSA) is 74.5 Å². The lowest BCUT2D eigenvalue weighted by Gasteiger charge is -2.38. The van der Waals surface area contributed by atoms with Crippen LogP contribution in [0.25, 0.3) is 0 Å². The molecular formula is C15H25N5O2. The molecule has 0 aromatic carbocycles. The molecule has 2 fully saturated rings. The summed E-state index contributed by atoms with van der Waals surface area (Å²) in [7, 11) is 0. The third-order valence-corrected chi connectivity index (χ3v) is 4.77. The first-order chi connectivity index (χ1) is 10.7. The average molecular weight is 307 g/mol. The Bertz CT molecular complexity index is 506. The van der Waals surface area contributed by atoms with E-state index < -0.39 is 0 Å². The molecule has 3 rings (SSSR count). The van der Waals surface area contributed by atoms with Crippen LogP contribution in [0, 0.1) is 11.8 Å². The van der Waals surface area contributed by atoms with E-state index in [1.165, 1.54) is 0 Å². The first-order valence-electron chi connectivity index (χ1n) is 8.20. The minimum Gasteiger partial charge on any atom is -0.340 e. The van der Waals surface area contributed by atoms with Crippen molar-refractivity contribution in [3.05, 3.63) is 11.7 Å². The Labute approximate surface area is 131 Å². The zero-order valence-corrected chi connectivity index (χ0v) is 13.4. The van der Waals surface area contributed by atoms with Crippen LogP contribution in [0.3, 0.4) is 0 Å². The summed E-state index contributed by atoms with van der Waals surface area (Å²) in [6.45, 7) is 10.0. The van der Waals surface area contributed by atoms with E-state index in [2.05, 4.69) is 27.3 Å². The molecule has 1 N–H and O–H groups in total. The maximum atomic E-state index is 12.5. The molecule has 122 valence electrons. The van der Waals surface area contributed by atoms with Crippen molar-refractivity contribution in [2.75, 3.05) is 39.3 Å². The van der Waals surface area contributed by atoms with Gasteiger partial charge in [-0.3, -0.25) is 9.69 Å². The smallest absolute Gasteiger partial charge is 0.226 e.